The molecule has 1 amide bonds. The largest absolute Gasteiger partial charge is 0.480 e. The summed E-state index contributed by atoms with van der Waals surface area (Å²) in [7, 11) is 0. The third-order valence-corrected chi connectivity index (χ3v) is 4.19. The number of benzene rings is 2. The van der Waals surface area contributed by atoms with Crippen molar-refractivity contribution in [2.45, 2.75) is 18.6 Å². The molecule has 144 valence electrons. The lowest BCUT2D eigenvalue weighted by atomic mass is 10.0. The highest BCUT2D eigenvalue weighted by Gasteiger charge is 2.31. The summed E-state index contributed by atoms with van der Waals surface area (Å²) in [6, 6.07) is 11.3. The third kappa shape index (κ3) is 4.28. The van der Waals surface area contributed by atoms with Crippen molar-refractivity contribution < 1.29 is 27.9 Å². The summed E-state index contributed by atoms with van der Waals surface area (Å²) < 4.78 is 38.6. The van der Waals surface area contributed by atoms with Gasteiger partial charge in [-0.05, 0) is 23.8 Å². The number of hydrogen-bond donors (Lipinski definition) is 2. The van der Waals surface area contributed by atoms with Crippen LogP contribution in [0, 0.1) is 0 Å². The van der Waals surface area contributed by atoms with Gasteiger partial charge in [-0.1, -0.05) is 36.4 Å². The van der Waals surface area contributed by atoms with Crippen LogP contribution in [-0.2, 0) is 17.4 Å². The molecule has 0 aliphatic carbocycles. The molecule has 0 fully saturated rings. The Balaban J connectivity index is 1.84. The smallest absolute Gasteiger partial charge is 0.416 e. The van der Waals surface area contributed by atoms with Gasteiger partial charge in [-0.2, -0.15) is 13.2 Å². The molecule has 28 heavy (non-hydrogen) atoms. The number of amides is 1. The van der Waals surface area contributed by atoms with Gasteiger partial charge in [0, 0.05) is 18.0 Å². The first-order chi connectivity index (χ1) is 13.3. The van der Waals surface area contributed by atoms with Gasteiger partial charge in [0.1, 0.15) is 6.04 Å². The Bertz CT molecular complexity index is 1030. The molecule has 1 aromatic heterocycles. The zero-order valence-electron chi connectivity index (χ0n) is 14.4. The van der Waals surface area contributed by atoms with Crippen molar-refractivity contribution in [3.8, 4) is 0 Å². The van der Waals surface area contributed by atoms with E-state index < -0.39 is 29.7 Å². The number of alkyl halides is 3. The fraction of sp³-hybridized carbons (Fsp3) is 0.150. The fourth-order valence-electron chi connectivity index (χ4n) is 2.84. The predicted molar refractivity (Wildman–Crippen MR) is 95.8 cm³/mol. The molecule has 0 unspecified atom stereocenters. The van der Waals surface area contributed by atoms with Crippen LogP contribution in [0.15, 0.2) is 60.8 Å². The van der Waals surface area contributed by atoms with Gasteiger partial charge >= 0.3 is 12.1 Å². The summed E-state index contributed by atoms with van der Waals surface area (Å²) in [5, 5.41) is 12.4. The number of hydrogen-bond acceptors (Lipinski definition) is 3. The lowest BCUT2D eigenvalue weighted by Gasteiger charge is -2.16. The molecule has 5 nitrogen and oxygen atoms in total. The van der Waals surface area contributed by atoms with E-state index in [1.807, 2.05) is 0 Å². The molecule has 0 aliphatic heterocycles. The van der Waals surface area contributed by atoms with Crippen LogP contribution < -0.4 is 5.32 Å². The quantitative estimate of drug-likeness (QED) is 0.699. The van der Waals surface area contributed by atoms with Crippen LogP contribution in [0.5, 0.6) is 0 Å². The summed E-state index contributed by atoms with van der Waals surface area (Å²) >= 11 is 0. The zero-order valence-corrected chi connectivity index (χ0v) is 14.4. The second-order valence-electron chi connectivity index (χ2n) is 6.14. The fourth-order valence-corrected chi connectivity index (χ4v) is 2.84. The number of para-hydroxylation sites is 1. The molecule has 0 radical (unpaired) electrons. The van der Waals surface area contributed by atoms with Crippen molar-refractivity contribution in [1.82, 2.24) is 10.3 Å². The van der Waals surface area contributed by atoms with Crippen LogP contribution >= 0.6 is 0 Å². The van der Waals surface area contributed by atoms with E-state index in [0.717, 1.165) is 12.1 Å². The molecular weight excluding hydrogens is 373 g/mol. The number of rotatable bonds is 5. The number of carboxylic acid groups (broad SMARTS) is 1. The van der Waals surface area contributed by atoms with Gasteiger partial charge in [0.05, 0.1) is 16.6 Å². The number of carboxylic acids is 1. The summed E-state index contributed by atoms with van der Waals surface area (Å²) in [6.45, 7) is 0. The van der Waals surface area contributed by atoms with Gasteiger partial charge in [-0.25, -0.2) is 4.79 Å². The van der Waals surface area contributed by atoms with E-state index in [4.69, 9.17) is 0 Å². The molecule has 3 rings (SSSR count). The lowest BCUT2D eigenvalue weighted by Crippen LogP contribution is -2.42. The highest BCUT2D eigenvalue weighted by molar-refractivity contribution is 6.06. The second-order valence-corrected chi connectivity index (χ2v) is 6.14. The predicted octanol–water partition coefficient (Wildman–Crippen LogP) is 3.68. The molecular formula is C20H15F3N2O3. The summed E-state index contributed by atoms with van der Waals surface area (Å²) in [5.74, 6) is -1.98. The van der Waals surface area contributed by atoms with E-state index in [1.54, 1.807) is 24.3 Å². The van der Waals surface area contributed by atoms with Crippen molar-refractivity contribution in [3.05, 3.63) is 77.5 Å². The van der Waals surface area contributed by atoms with Crippen LogP contribution in [0.25, 0.3) is 10.9 Å². The maximum absolute atomic E-state index is 12.9. The van der Waals surface area contributed by atoms with Gasteiger partial charge in [0.2, 0.25) is 0 Å². The van der Waals surface area contributed by atoms with E-state index in [2.05, 4.69) is 10.3 Å². The monoisotopic (exact) mass is 388 g/mol. The van der Waals surface area contributed by atoms with Crippen molar-refractivity contribution in [3.63, 3.8) is 0 Å². The first-order valence-electron chi connectivity index (χ1n) is 8.29. The zero-order chi connectivity index (χ0) is 20.3. The topological polar surface area (TPSA) is 79.3 Å². The Kier molecular flexibility index (Phi) is 5.30. The first-order valence-corrected chi connectivity index (χ1v) is 8.29. The normalized spacial score (nSPS) is 12.5. The molecule has 0 aliphatic rings. The number of halogens is 3. The Hall–Kier alpha value is -3.42. The maximum atomic E-state index is 12.9. The van der Waals surface area contributed by atoms with Gasteiger partial charge in [0.15, 0.2) is 0 Å². The Morgan fingerprint density at radius 2 is 1.82 bits per heavy atom. The molecule has 3 aromatic rings. The third-order valence-electron chi connectivity index (χ3n) is 4.19. The molecule has 0 saturated carbocycles. The Morgan fingerprint density at radius 1 is 1.07 bits per heavy atom. The molecule has 1 heterocycles. The minimum Gasteiger partial charge on any atom is -0.480 e. The number of fused-ring (bicyclic) bond motifs is 1. The lowest BCUT2D eigenvalue weighted by molar-refractivity contribution is -0.139. The van der Waals surface area contributed by atoms with Crippen molar-refractivity contribution in [2.24, 2.45) is 0 Å². The maximum Gasteiger partial charge on any atom is 0.416 e. The Labute approximate surface area is 157 Å². The molecule has 2 N–H and O–H groups in total. The highest BCUT2D eigenvalue weighted by atomic mass is 19.4. The summed E-state index contributed by atoms with van der Waals surface area (Å²) in [5.41, 5.74) is 0.0866. The standard InChI is InChI=1S/C20H15F3N2O3/c21-20(22,23)13-5-3-4-12(10-13)11-17(19(27)28)25-18(26)15-8-9-24-16-7-2-1-6-14(15)16/h1-10,17H,11H2,(H,25,26)(H,27,28)/t17-/m1/s1. The SMILES string of the molecule is O=C(N[C@H](Cc1cccc(C(F)(F)F)c1)C(=O)O)c1ccnc2ccccc12. The number of aromatic nitrogens is 1. The summed E-state index contributed by atoms with van der Waals surface area (Å²) in [4.78, 5) is 28.3. The van der Waals surface area contributed by atoms with Crippen molar-refractivity contribution >= 4 is 22.8 Å². The molecule has 0 bridgehead atoms. The second kappa shape index (κ2) is 7.67. The van der Waals surface area contributed by atoms with Gasteiger partial charge in [-0.3, -0.25) is 9.78 Å². The van der Waals surface area contributed by atoms with Crippen LogP contribution in [0.1, 0.15) is 21.5 Å². The Morgan fingerprint density at radius 3 is 2.54 bits per heavy atom. The van der Waals surface area contributed by atoms with Crippen molar-refractivity contribution in [2.75, 3.05) is 0 Å². The average Bonchev–Trinajstić information content (AvgIpc) is 2.66. The number of carbonyl (C=O) groups is 2. The molecule has 8 heteroatoms. The number of carbonyl (C=O) groups excluding carboxylic acids is 1. The molecule has 0 saturated heterocycles. The average molecular weight is 388 g/mol. The highest BCUT2D eigenvalue weighted by Crippen LogP contribution is 2.29. The first kappa shape index (κ1) is 19.3. The van der Waals surface area contributed by atoms with E-state index in [-0.39, 0.29) is 17.5 Å². The van der Waals surface area contributed by atoms with Gasteiger partial charge in [-0.15, -0.1) is 0 Å². The van der Waals surface area contributed by atoms with Crippen LogP contribution in [0.3, 0.4) is 0 Å². The van der Waals surface area contributed by atoms with E-state index in [0.29, 0.717) is 10.9 Å². The molecule has 1 atom stereocenters. The van der Waals surface area contributed by atoms with E-state index in [1.165, 1.54) is 24.4 Å². The number of nitrogens with zero attached hydrogens (tertiary/aromatic N) is 1. The van der Waals surface area contributed by atoms with Gasteiger partial charge in [0.25, 0.3) is 5.91 Å². The van der Waals surface area contributed by atoms with Crippen molar-refractivity contribution in [1.29, 1.82) is 0 Å². The van der Waals surface area contributed by atoms with Crippen LogP contribution in [0.4, 0.5) is 13.2 Å². The minimum absolute atomic E-state index is 0.155. The van der Waals surface area contributed by atoms with Crippen LogP contribution in [0.2, 0.25) is 0 Å². The van der Waals surface area contributed by atoms with E-state index in [9.17, 15) is 27.9 Å². The van der Waals surface area contributed by atoms with E-state index >= 15 is 0 Å². The number of nitrogens with one attached hydrogen (secondary N) is 1. The molecule has 0 spiro atoms. The number of pyridine rings is 1. The number of aliphatic carboxylic acids is 1. The molecule has 2 aromatic carbocycles. The van der Waals surface area contributed by atoms with Crippen LogP contribution in [-0.4, -0.2) is 28.0 Å². The van der Waals surface area contributed by atoms with Gasteiger partial charge < -0.3 is 10.4 Å². The summed E-state index contributed by atoms with van der Waals surface area (Å²) in [6.07, 6.45) is -3.39. The minimum atomic E-state index is -4.53.